The molecule has 1 atom stereocenters. The number of hydrogen-bond donors (Lipinski definition) is 1. The molecule has 0 aromatic heterocycles. The Hall–Kier alpha value is -1.14. The van der Waals surface area contributed by atoms with Gasteiger partial charge in [-0.2, -0.15) is 0 Å². The highest BCUT2D eigenvalue weighted by Gasteiger charge is 2.25. The summed E-state index contributed by atoms with van der Waals surface area (Å²) in [5, 5.41) is 2.90. The number of likely N-dealkylation sites (N-methyl/N-ethyl adjacent to an activating group) is 1. The molecular weight excluding hydrogens is 256 g/mol. The van der Waals surface area contributed by atoms with E-state index in [9.17, 15) is 9.59 Å². The van der Waals surface area contributed by atoms with Crippen LogP contribution in [0.4, 0.5) is 0 Å². The fourth-order valence-corrected chi connectivity index (χ4v) is 2.76. The van der Waals surface area contributed by atoms with Crippen molar-refractivity contribution in [2.75, 3.05) is 52.9 Å². The van der Waals surface area contributed by atoms with Gasteiger partial charge in [0.1, 0.15) is 0 Å². The Labute approximate surface area is 121 Å². The molecule has 1 N–H and O–H groups in total. The van der Waals surface area contributed by atoms with Crippen LogP contribution in [-0.4, -0.2) is 85.4 Å². The minimum absolute atomic E-state index is 0.0783. The van der Waals surface area contributed by atoms with Crippen molar-refractivity contribution in [3.63, 3.8) is 0 Å². The summed E-state index contributed by atoms with van der Waals surface area (Å²) >= 11 is 0. The number of nitrogens with zero attached hydrogens (tertiary/aromatic N) is 3. The van der Waals surface area contributed by atoms with Gasteiger partial charge in [0.2, 0.25) is 11.8 Å². The van der Waals surface area contributed by atoms with E-state index in [1.165, 1.54) is 0 Å². The highest BCUT2D eigenvalue weighted by molar-refractivity contribution is 5.81. The molecule has 0 aromatic carbocycles. The van der Waals surface area contributed by atoms with Gasteiger partial charge >= 0.3 is 0 Å². The molecule has 2 aliphatic heterocycles. The first-order valence-corrected chi connectivity index (χ1v) is 7.56. The molecule has 6 nitrogen and oxygen atoms in total. The Morgan fingerprint density at radius 2 is 1.95 bits per heavy atom. The maximum Gasteiger partial charge on any atom is 0.237 e. The number of hydrogen-bond acceptors (Lipinski definition) is 4. The van der Waals surface area contributed by atoms with E-state index in [1.807, 2.05) is 11.8 Å². The summed E-state index contributed by atoms with van der Waals surface area (Å²) in [7, 11) is 2.08. The summed E-state index contributed by atoms with van der Waals surface area (Å²) in [4.78, 5) is 30.3. The zero-order chi connectivity index (χ0) is 14.5. The highest BCUT2D eigenvalue weighted by atomic mass is 16.2. The quantitative estimate of drug-likeness (QED) is 0.748. The minimum atomic E-state index is -0.127. The third-order valence-electron chi connectivity index (χ3n) is 4.32. The van der Waals surface area contributed by atoms with Gasteiger partial charge in [-0.05, 0) is 20.4 Å². The van der Waals surface area contributed by atoms with E-state index in [1.54, 1.807) is 0 Å². The second-order valence-corrected chi connectivity index (χ2v) is 5.79. The Balaban J connectivity index is 1.78. The van der Waals surface area contributed by atoms with E-state index in [-0.39, 0.29) is 17.9 Å². The van der Waals surface area contributed by atoms with E-state index >= 15 is 0 Å². The molecule has 20 heavy (non-hydrogen) atoms. The molecule has 2 saturated heterocycles. The van der Waals surface area contributed by atoms with Gasteiger partial charge in [-0.1, -0.05) is 0 Å². The number of carbonyl (C=O) groups is 2. The summed E-state index contributed by atoms with van der Waals surface area (Å²) in [6, 6.07) is -0.127. The molecule has 114 valence electrons. The number of carbonyl (C=O) groups excluding carboxylic acids is 2. The average Bonchev–Trinajstić information content (AvgIpc) is 2.60. The number of piperazine rings is 1. The molecule has 6 heteroatoms. The lowest BCUT2D eigenvalue weighted by Crippen LogP contribution is -2.48. The fourth-order valence-electron chi connectivity index (χ4n) is 2.76. The van der Waals surface area contributed by atoms with Gasteiger partial charge in [0.05, 0.1) is 6.04 Å². The minimum Gasteiger partial charge on any atom is -0.355 e. The van der Waals surface area contributed by atoms with Crippen LogP contribution in [0.3, 0.4) is 0 Å². The van der Waals surface area contributed by atoms with Crippen LogP contribution in [-0.2, 0) is 9.59 Å². The topological polar surface area (TPSA) is 55.9 Å². The number of rotatable bonds is 3. The maximum absolute atomic E-state index is 12.2. The molecule has 0 aliphatic carbocycles. The Morgan fingerprint density at radius 3 is 2.65 bits per heavy atom. The van der Waals surface area contributed by atoms with E-state index in [0.717, 1.165) is 45.7 Å². The molecule has 0 radical (unpaired) electrons. The highest BCUT2D eigenvalue weighted by Crippen LogP contribution is 2.08. The lowest BCUT2D eigenvalue weighted by molar-refractivity contribution is -0.134. The molecule has 0 saturated carbocycles. The van der Waals surface area contributed by atoms with E-state index in [4.69, 9.17) is 0 Å². The summed E-state index contributed by atoms with van der Waals surface area (Å²) in [6.07, 6.45) is 1.47. The van der Waals surface area contributed by atoms with Crippen molar-refractivity contribution in [2.24, 2.45) is 0 Å². The van der Waals surface area contributed by atoms with Crippen LogP contribution >= 0.6 is 0 Å². The van der Waals surface area contributed by atoms with Crippen LogP contribution in [0.1, 0.15) is 19.8 Å². The lowest BCUT2D eigenvalue weighted by atomic mass is 10.2. The molecule has 1 unspecified atom stereocenters. The van der Waals surface area contributed by atoms with E-state index in [0.29, 0.717) is 13.0 Å². The Morgan fingerprint density at radius 1 is 1.25 bits per heavy atom. The first-order valence-electron chi connectivity index (χ1n) is 7.56. The molecule has 0 aromatic rings. The predicted molar refractivity (Wildman–Crippen MR) is 77.4 cm³/mol. The second-order valence-electron chi connectivity index (χ2n) is 5.79. The first kappa shape index (κ1) is 15.3. The Kier molecular flexibility index (Phi) is 5.37. The lowest BCUT2D eigenvalue weighted by Gasteiger charge is -2.33. The Bertz CT molecular complexity index is 353. The van der Waals surface area contributed by atoms with Gasteiger partial charge in [-0.3, -0.25) is 14.5 Å². The summed E-state index contributed by atoms with van der Waals surface area (Å²) in [5.74, 6) is 0.296. The van der Waals surface area contributed by atoms with Crippen LogP contribution in [0.5, 0.6) is 0 Å². The van der Waals surface area contributed by atoms with Crippen LogP contribution in [0.2, 0.25) is 0 Å². The van der Waals surface area contributed by atoms with Crippen molar-refractivity contribution in [3.05, 3.63) is 0 Å². The first-order chi connectivity index (χ1) is 9.58. The van der Waals surface area contributed by atoms with Crippen molar-refractivity contribution in [1.82, 2.24) is 20.0 Å². The molecule has 0 spiro atoms. The molecule has 2 fully saturated rings. The zero-order valence-electron chi connectivity index (χ0n) is 12.6. The van der Waals surface area contributed by atoms with Crippen LogP contribution in [0, 0.1) is 0 Å². The van der Waals surface area contributed by atoms with Gasteiger partial charge in [0, 0.05) is 52.2 Å². The fraction of sp³-hybridized carbons (Fsp3) is 0.857. The van der Waals surface area contributed by atoms with Crippen LogP contribution in [0.25, 0.3) is 0 Å². The normalized spacial score (nSPS) is 26.2. The maximum atomic E-state index is 12.2. The summed E-state index contributed by atoms with van der Waals surface area (Å²) in [5.41, 5.74) is 0. The third-order valence-corrected chi connectivity index (χ3v) is 4.32. The second kappa shape index (κ2) is 7.04. The third kappa shape index (κ3) is 3.93. The van der Waals surface area contributed by atoms with Crippen molar-refractivity contribution in [1.29, 1.82) is 0 Å². The standard InChI is InChI=1S/C14H26N4O2/c1-12-14(20)15-5-3-6-17(12)7-4-13(19)18-10-8-16(2)9-11-18/h12H,3-11H2,1-2H3,(H,15,20). The van der Waals surface area contributed by atoms with Crippen molar-refractivity contribution in [3.8, 4) is 0 Å². The van der Waals surface area contributed by atoms with Gasteiger partial charge in [0.15, 0.2) is 0 Å². The monoisotopic (exact) mass is 282 g/mol. The molecule has 2 aliphatic rings. The van der Waals surface area contributed by atoms with Gasteiger partial charge in [-0.25, -0.2) is 0 Å². The van der Waals surface area contributed by atoms with Crippen molar-refractivity contribution in [2.45, 2.75) is 25.8 Å². The van der Waals surface area contributed by atoms with Gasteiger partial charge in [-0.15, -0.1) is 0 Å². The van der Waals surface area contributed by atoms with E-state index in [2.05, 4.69) is 22.2 Å². The summed E-state index contributed by atoms with van der Waals surface area (Å²) < 4.78 is 0. The molecule has 0 bridgehead atoms. The molecule has 2 amide bonds. The average molecular weight is 282 g/mol. The number of nitrogens with one attached hydrogen (secondary N) is 1. The van der Waals surface area contributed by atoms with Crippen LogP contribution < -0.4 is 5.32 Å². The van der Waals surface area contributed by atoms with Crippen molar-refractivity contribution >= 4 is 11.8 Å². The molecule has 2 heterocycles. The largest absolute Gasteiger partial charge is 0.355 e. The zero-order valence-corrected chi connectivity index (χ0v) is 12.6. The van der Waals surface area contributed by atoms with Gasteiger partial charge in [0.25, 0.3) is 0 Å². The molecule has 2 rings (SSSR count). The molecular formula is C14H26N4O2. The summed E-state index contributed by atoms with van der Waals surface area (Å²) in [6.45, 7) is 7.78. The van der Waals surface area contributed by atoms with Crippen molar-refractivity contribution < 1.29 is 9.59 Å². The number of amides is 2. The van der Waals surface area contributed by atoms with E-state index < -0.39 is 0 Å². The predicted octanol–water partition coefficient (Wildman–Crippen LogP) is -0.639. The van der Waals surface area contributed by atoms with Gasteiger partial charge < -0.3 is 15.1 Å². The van der Waals surface area contributed by atoms with Crippen LogP contribution in [0.15, 0.2) is 0 Å². The smallest absolute Gasteiger partial charge is 0.237 e. The SMILES string of the molecule is CC1C(=O)NCCCN1CCC(=O)N1CCN(C)CC1.